The Hall–Kier alpha value is -2.82. The fourth-order valence-electron chi connectivity index (χ4n) is 3.13. The molecule has 0 bridgehead atoms. The van der Waals surface area contributed by atoms with Crippen LogP contribution in [0.15, 0.2) is 52.4 Å². The van der Waals surface area contributed by atoms with Crippen molar-refractivity contribution in [2.24, 2.45) is 4.99 Å². The van der Waals surface area contributed by atoms with Gasteiger partial charge in [-0.05, 0) is 57.2 Å². The number of rotatable bonds is 8. The Kier molecular flexibility index (Phi) is 7.83. The number of hydrogen-bond acceptors (Lipinski definition) is 7. The molecule has 3 aromatic rings. The van der Waals surface area contributed by atoms with Gasteiger partial charge in [0.15, 0.2) is 14.6 Å². The Labute approximate surface area is 196 Å². The van der Waals surface area contributed by atoms with Crippen LogP contribution in [0.25, 0.3) is 10.2 Å². The zero-order valence-corrected chi connectivity index (χ0v) is 20.5. The van der Waals surface area contributed by atoms with Crippen LogP contribution >= 0.6 is 11.3 Å². The average Bonchev–Trinajstić information content (AvgIpc) is 3.13. The van der Waals surface area contributed by atoms with Gasteiger partial charge >= 0.3 is 5.97 Å². The number of thiazole rings is 1. The highest BCUT2D eigenvalue weighted by Gasteiger charge is 2.20. The Morgan fingerprint density at radius 3 is 2.55 bits per heavy atom. The molecule has 33 heavy (non-hydrogen) atoms. The highest BCUT2D eigenvalue weighted by Crippen LogP contribution is 2.21. The predicted molar refractivity (Wildman–Crippen MR) is 126 cm³/mol. The Morgan fingerprint density at radius 1 is 1.12 bits per heavy atom. The largest absolute Gasteiger partial charge is 0.462 e. The summed E-state index contributed by atoms with van der Waals surface area (Å²) in [5.41, 5.74) is 1.39. The molecular weight excluding hydrogens is 464 g/mol. The van der Waals surface area contributed by atoms with Crippen LogP contribution in [-0.2, 0) is 25.9 Å². The number of carbonyl (C=O) groups excluding carboxylic acids is 2. The molecule has 0 atom stereocenters. The fraction of sp³-hybridized carbons (Fsp3) is 0.348. The lowest BCUT2D eigenvalue weighted by Crippen LogP contribution is -2.19. The van der Waals surface area contributed by atoms with Gasteiger partial charge in [-0.1, -0.05) is 17.4 Å². The molecule has 0 aliphatic carbocycles. The summed E-state index contributed by atoms with van der Waals surface area (Å²) in [5, 5.41) is -0.604. The number of fused-ring (bicyclic) bond motifs is 1. The normalized spacial score (nSPS) is 12.5. The fourth-order valence-corrected chi connectivity index (χ4v) is 5.33. The summed E-state index contributed by atoms with van der Waals surface area (Å²) in [6.07, 6.45) is 0. The first-order chi connectivity index (χ1) is 15.7. The number of benzene rings is 2. The smallest absolute Gasteiger partial charge is 0.338 e. The number of sulfone groups is 1. The SMILES string of the molecule is CCOC(=O)c1ccc2c(c1)sc(=NC(=O)c1cccc(S(=O)(=O)C(C)C)c1)n2CCOC. The summed E-state index contributed by atoms with van der Waals surface area (Å²) < 4.78 is 37.9. The van der Waals surface area contributed by atoms with E-state index in [1.165, 1.54) is 35.6 Å². The van der Waals surface area contributed by atoms with E-state index >= 15 is 0 Å². The van der Waals surface area contributed by atoms with Crippen LogP contribution in [0.5, 0.6) is 0 Å². The third kappa shape index (κ3) is 5.40. The summed E-state index contributed by atoms with van der Waals surface area (Å²) >= 11 is 1.26. The maximum absolute atomic E-state index is 13.0. The average molecular weight is 491 g/mol. The van der Waals surface area contributed by atoms with Gasteiger partial charge in [-0.2, -0.15) is 4.99 Å². The molecule has 1 heterocycles. The quantitative estimate of drug-likeness (QED) is 0.448. The van der Waals surface area contributed by atoms with Gasteiger partial charge in [0.25, 0.3) is 5.91 Å². The van der Waals surface area contributed by atoms with Crippen LogP contribution in [0.4, 0.5) is 0 Å². The van der Waals surface area contributed by atoms with E-state index in [0.29, 0.717) is 23.5 Å². The first kappa shape index (κ1) is 24.8. The summed E-state index contributed by atoms with van der Waals surface area (Å²) in [5.74, 6) is -0.979. The van der Waals surface area contributed by atoms with Gasteiger partial charge in [0.1, 0.15) is 0 Å². The maximum atomic E-state index is 13.0. The Morgan fingerprint density at radius 2 is 1.88 bits per heavy atom. The molecule has 0 fully saturated rings. The Bertz CT molecular complexity index is 1350. The van der Waals surface area contributed by atoms with Gasteiger partial charge in [0.2, 0.25) is 0 Å². The molecule has 0 aliphatic rings. The monoisotopic (exact) mass is 490 g/mol. The second kappa shape index (κ2) is 10.4. The molecule has 1 amide bonds. The third-order valence-electron chi connectivity index (χ3n) is 4.94. The lowest BCUT2D eigenvalue weighted by Gasteiger charge is -2.08. The molecule has 0 unspecified atom stereocenters. The van der Waals surface area contributed by atoms with Gasteiger partial charge in [0.05, 0.1) is 39.1 Å². The van der Waals surface area contributed by atoms with Gasteiger partial charge < -0.3 is 14.0 Å². The molecule has 0 N–H and O–H groups in total. The van der Waals surface area contributed by atoms with Crippen molar-refractivity contribution >= 4 is 43.3 Å². The van der Waals surface area contributed by atoms with Crippen molar-refractivity contribution in [1.29, 1.82) is 0 Å². The molecule has 1 aromatic heterocycles. The number of hydrogen-bond donors (Lipinski definition) is 0. The van der Waals surface area contributed by atoms with Crippen LogP contribution in [0.1, 0.15) is 41.5 Å². The molecule has 10 heteroatoms. The number of carbonyl (C=O) groups is 2. The summed E-state index contributed by atoms with van der Waals surface area (Å²) in [6, 6.07) is 11.1. The minimum absolute atomic E-state index is 0.0845. The van der Waals surface area contributed by atoms with E-state index in [9.17, 15) is 18.0 Å². The lowest BCUT2D eigenvalue weighted by molar-refractivity contribution is 0.0526. The number of methoxy groups -OCH3 is 1. The van der Waals surface area contributed by atoms with Crippen molar-refractivity contribution in [3.05, 3.63) is 58.4 Å². The zero-order chi connectivity index (χ0) is 24.2. The molecule has 0 saturated heterocycles. The van der Waals surface area contributed by atoms with E-state index < -0.39 is 27.0 Å². The van der Waals surface area contributed by atoms with E-state index in [2.05, 4.69) is 4.99 Å². The molecule has 8 nitrogen and oxygen atoms in total. The predicted octanol–water partition coefficient (Wildman–Crippen LogP) is 3.45. The standard InChI is InChI=1S/C23H26N2O6S2/c1-5-31-22(27)17-9-10-19-20(14-17)32-23(25(19)11-12-30-4)24-21(26)16-7-6-8-18(13-16)33(28,29)15(2)3/h6-10,13-15H,5,11-12H2,1-4H3. The van der Waals surface area contributed by atoms with Crippen LogP contribution in [0.3, 0.4) is 0 Å². The van der Waals surface area contributed by atoms with Crippen LogP contribution in [0, 0.1) is 0 Å². The van der Waals surface area contributed by atoms with Crippen LogP contribution in [-0.4, -0.2) is 50.4 Å². The van der Waals surface area contributed by atoms with Crippen molar-refractivity contribution in [1.82, 2.24) is 4.57 Å². The molecule has 0 saturated carbocycles. The summed E-state index contributed by atoms with van der Waals surface area (Å²) in [4.78, 5) is 29.8. The number of aromatic nitrogens is 1. The van der Waals surface area contributed by atoms with Crippen molar-refractivity contribution < 1.29 is 27.5 Å². The number of esters is 1. The first-order valence-electron chi connectivity index (χ1n) is 10.4. The topological polar surface area (TPSA) is 104 Å². The van der Waals surface area contributed by atoms with Gasteiger partial charge in [-0.3, -0.25) is 4.79 Å². The minimum Gasteiger partial charge on any atom is -0.462 e. The van der Waals surface area contributed by atoms with Gasteiger partial charge in [0, 0.05) is 19.2 Å². The van der Waals surface area contributed by atoms with Gasteiger partial charge in [-0.15, -0.1) is 0 Å². The van der Waals surface area contributed by atoms with Crippen molar-refractivity contribution in [2.45, 2.75) is 37.5 Å². The minimum atomic E-state index is -3.52. The molecule has 0 spiro atoms. The summed E-state index contributed by atoms with van der Waals surface area (Å²) in [7, 11) is -1.94. The highest BCUT2D eigenvalue weighted by molar-refractivity contribution is 7.92. The van der Waals surface area contributed by atoms with Crippen molar-refractivity contribution in [3.63, 3.8) is 0 Å². The molecule has 2 aromatic carbocycles. The zero-order valence-electron chi connectivity index (χ0n) is 18.9. The van der Waals surface area contributed by atoms with Crippen LogP contribution < -0.4 is 4.80 Å². The number of ether oxygens (including phenoxy) is 2. The third-order valence-corrected chi connectivity index (χ3v) is 8.13. The van der Waals surface area contributed by atoms with E-state index in [4.69, 9.17) is 9.47 Å². The lowest BCUT2D eigenvalue weighted by atomic mass is 10.2. The summed E-state index contributed by atoms with van der Waals surface area (Å²) in [6.45, 7) is 6.04. The number of amides is 1. The maximum Gasteiger partial charge on any atom is 0.338 e. The number of nitrogens with zero attached hydrogens (tertiary/aromatic N) is 2. The molecule has 0 radical (unpaired) electrons. The van der Waals surface area contributed by atoms with Crippen molar-refractivity contribution in [3.8, 4) is 0 Å². The van der Waals surface area contributed by atoms with E-state index in [1.54, 1.807) is 46.1 Å². The molecule has 0 aliphatic heterocycles. The van der Waals surface area contributed by atoms with Crippen molar-refractivity contribution in [2.75, 3.05) is 20.3 Å². The molecular formula is C23H26N2O6S2. The second-order valence-electron chi connectivity index (χ2n) is 7.47. The van der Waals surface area contributed by atoms with E-state index in [0.717, 1.165) is 10.2 Å². The van der Waals surface area contributed by atoms with Gasteiger partial charge in [-0.25, -0.2) is 13.2 Å². The van der Waals surface area contributed by atoms with Crippen LogP contribution in [0.2, 0.25) is 0 Å². The second-order valence-corrected chi connectivity index (χ2v) is 11.0. The first-order valence-corrected chi connectivity index (χ1v) is 12.8. The van der Waals surface area contributed by atoms with E-state index in [-0.39, 0.29) is 17.1 Å². The Balaban J connectivity index is 2.08. The highest BCUT2D eigenvalue weighted by atomic mass is 32.2. The molecule has 3 rings (SSSR count). The van der Waals surface area contributed by atoms with E-state index in [1.807, 2.05) is 4.57 Å². The molecule has 176 valence electrons.